The van der Waals surface area contributed by atoms with Gasteiger partial charge in [-0.15, -0.1) is 0 Å². The molecule has 0 saturated carbocycles. The van der Waals surface area contributed by atoms with E-state index in [0.29, 0.717) is 5.06 Å². The van der Waals surface area contributed by atoms with Gasteiger partial charge in [-0.05, 0) is 6.92 Å². The molecule has 0 spiro atoms. The van der Waals surface area contributed by atoms with E-state index in [1.54, 1.807) is 0 Å². The summed E-state index contributed by atoms with van der Waals surface area (Å²) in [6.07, 6.45) is -3.08. The second kappa shape index (κ2) is 5.84. The summed E-state index contributed by atoms with van der Waals surface area (Å²) in [5.41, 5.74) is 4.71. The van der Waals surface area contributed by atoms with Gasteiger partial charge in [-0.3, -0.25) is 14.4 Å². The smallest absolute Gasteiger partial charge is 0.446 e. The van der Waals surface area contributed by atoms with Crippen molar-refractivity contribution in [3.8, 4) is 0 Å². The largest absolute Gasteiger partial charge is 0.534 e. The van der Waals surface area contributed by atoms with Crippen molar-refractivity contribution >= 4 is 24.1 Å². The number of nitrogens with zero attached hydrogens (tertiary/aromatic N) is 1. The minimum absolute atomic E-state index is 0.00749. The summed E-state index contributed by atoms with van der Waals surface area (Å²) in [4.78, 5) is 48.1. The quantitative estimate of drug-likeness (QED) is 0.542. The monoisotopic (exact) mass is 260 g/mol. The molecule has 1 saturated heterocycles. The van der Waals surface area contributed by atoms with Gasteiger partial charge in [0.25, 0.3) is 11.8 Å². The third-order valence-corrected chi connectivity index (χ3v) is 1.93. The van der Waals surface area contributed by atoms with Crippen LogP contribution in [0.1, 0.15) is 19.8 Å². The highest BCUT2D eigenvalue weighted by Crippen LogP contribution is 2.12. The van der Waals surface area contributed by atoms with Gasteiger partial charge in [0.05, 0.1) is 0 Å². The van der Waals surface area contributed by atoms with Crippen LogP contribution in [-0.4, -0.2) is 41.8 Å². The second-order valence-corrected chi connectivity index (χ2v) is 3.48. The molecule has 18 heavy (non-hydrogen) atoms. The first-order chi connectivity index (χ1) is 8.40. The minimum Gasteiger partial charge on any atom is -0.446 e. The highest BCUT2D eigenvalue weighted by atomic mass is 16.8. The van der Waals surface area contributed by atoms with Gasteiger partial charge in [-0.1, -0.05) is 5.06 Å². The fraction of sp³-hybridized carbons (Fsp3) is 0.556. The van der Waals surface area contributed by atoms with Gasteiger partial charge in [0, 0.05) is 12.8 Å². The van der Waals surface area contributed by atoms with E-state index in [-0.39, 0.29) is 19.4 Å². The van der Waals surface area contributed by atoms with Crippen LogP contribution in [0.2, 0.25) is 0 Å². The molecule has 1 atom stereocenters. The summed E-state index contributed by atoms with van der Waals surface area (Å²) in [6, 6.07) is 0. The molecule has 100 valence electrons. The Balaban J connectivity index is 2.35. The molecule has 0 radical (unpaired) electrons. The van der Waals surface area contributed by atoms with E-state index in [2.05, 4.69) is 14.3 Å². The number of carbonyl (C=O) groups excluding carboxylic acids is 4. The molecule has 0 aliphatic carbocycles. The topological polar surface area (TPSA) is 125 Å². The number of hydroxylamine groups is 2. The number of primary amides is 1. The number of hydrogen-bond donors (Lipinski definition) is 1. The van der Waals surface area contributed by atoms with Crippen LogP contribution in [0.3, 0.4) is 0 Å². The van der Waals surface area contributed by atoms with E-state index in [1.165, 1.54) is 6.92 Å². The number of hydrogen-bond acceptors (Lipinski definition) is 7. The van der Waals surface area contributed by atoms with Crippen molar-refractivity contribution in [2.45, 2.75) is 25.9 Å². The van der Waals surface area contributed by atoms with Crippen molar-refractivity contribution in [2.75, 3.05) is 6.61 Å². The molecular formula is C9H12N2O7. The Bertz CT molecular complexity index is 365. The van der Waals surface area contributed by atoms with Crippen molar-refractivity contribution in [3.63, 3.8) is 0 Å². The first-order valence-corrected chi connectivity index (χ1v) is 5.06. The lowest BCUT2D eigenvalue weighted by Gasteiger charge is -2.15. The predicted octanol–water partition coefficient (Wildman–Crippen LogP) is -0.313. The lowest BCUT2D eigenvalue weighted by Crippen LogP contribution is -2.34. The van der Waals surface area contributed by atoms with E-state index < -0.39 is 30.2 Å². The van der Waals surface area contributed by atoms with Crippen LogP contribution < -0.4 is 5.73 Å². The van der Waals surface area contributed by atoms with E-state index in [1.807, 2.05) is 0 Å². The normalized spacial score (nSPS) is 16.4. The Hall–Kier alpha value is -2.32. The molecule has 9 heteroatoms. The van der Waals surface area contributed by atoms with Crippen LogP contribution in [0.15, 0.2) is 0 Å². The van der Waals surface area contributed by atoms with Gasteiger partial charge in [0.2, 0.25) is 0 Å². The van der Waals surface area contributed by atoms with Crippen LogP contribution in [0.25, 0.3) is 0 Å². The summed E-state index contributed by atoms with van der Waals surface area (Å²) in [7, 11) is 0. The Morgan fingerprint density at radius 3 is 2.39 bits per heavy atom. The predicted molar refractivity (Wildman–Crippen MR) is 53.7 cm³/mol. The lowest BCUT2D eigenvalue weighted by molar-refractivity contribution is -0.178. The molecule has 1 rings (SSSR count). The van der Waals surface area contributed by atoms with Crippen molar-refractivity contribution in [2.24, 2.45) is 5.73 Å². The maximum atomic E-state index is 11.2. The van der Waals surface area contributed by atoms with Crippen LogP contribution in [0, 0.1) is 0 Å². The van der Waals surface area contributed by atoms with E-state index in [9.17, 15) is 19.2 Å². The van der Waals surface area contributed by atoms with Crippen molar-refractivity contribution < 1.29 is 33.5 Å². The molecule has 1 aliphatic heterocycles. The molecule has 3 amide bonds. The van der Waals surface area contributed by atoms with Crippen LogP contribution in [0.5, 0.6) is 0 Å². The summed E-state index contributed by atoms with van der Waals surface area (Å²) < 4.78 is 8.99. The van der Waals surface area contributed by atoms with Gasteiger partial charge >= 0.3 is 12.2 Å². The van der Waals surface area contributed by atoms with Crippen molar-refractivity contribution in [1.82, 2.24) is 5.06 Å². The fourth-order valence-electron chi connectivity index (χ4n) is 1.15. The van der Waals surface area contributed by atoms with Crippen LogP contribution >= 0.6 is 0 Å². The van der Waals surface area contributed by atoms with Gasteiger partial charge in [-0.2, -0.15) is 0 Å². The van der Waals surface area contributed by atoms with E-state index >= 15 is 0 Å². The van der Waals surface area contributed by atoms with Crippen LogP contribution in [-0.2, 0) is 23.9 Å². The first kappa shape index (κ1) is 13.7. The highest BCUT2D eigenvalue weighted by Gasteiger charge is 2.33. The Morgan fingerprint density at radius 2 is 1.89 bits per heavy atom. The molecule has 9 nitrogen and oxygen atoms in total. The summed E-state index contributed by atoms with van der Waals surface area (Å²) in [6.45, 7) is 1.16. The molecule has 2 N–H and O–H groups in total. The van der Waals surface area contributed by atoms with E-state index in [4.69, 9.17) is 5.73 Å². The molecule has 1 aliphatic rings. The molecule has 1 heterocycles. The van der Waals surface area contributed by atoms with Crippen molar-refractivity contribution in [1.29, 1.82) is 0 Å². The summed E-state index contributed by atoms with van der Waals surface area (Å²) in [5, 5.41) is 0.351. The van der Waals surface area contributed by atoms with Gasteiger partial charge in [0.15, 0.2) is 0 Å². The van der Waals surface area contributed by atoms with Crippen LogP contribution in [0.4, 0.5) is 9.59 Å². The molecule has 0 aromatic carbocycles. The highest BCUT2D eigenvalue weighted by molar-refractivity contribution is 6.01. The van der Waals surface area contributed by atoms with Crippen molar-refractivity contribution in [3.05, 3.63) is 0 Å². The third kappa shape index (κ3) is 3.92. The van der Waals surface area contributed by atoms with Gasteiger partial charge in [0.1, 0.15) is 12.7 Å². The first-order valence-electron chi connectivity index (χ1n) is 5.06. The second-order valence-electron chi connectivity index (χ2n) is 3.48. The fourth-order valence-corrected chi connectivity index (χ4v) is 1.15. The molecule has 0 bridgehead atoms. The molecule has 0 aromatic heterocycles. The lowest BCUT2D eigenvalue weighted by atomic mass is 10.4. The number of imide groups is 1. The minimum atomic E-state index is -1.24. The SMILES string of the molecule is C[C@@H](COC(N)=O)OC(=O)ON1C(=O)CCC1=O. The Kier molecular flexibility index (Phi) is 4.46. The number of amides is 3. The third-order valence-electron chi connectivity index (χ3n) is 1.93. The average molecular weight is 260 g/mol. The molecular weight excluding hydrogens is 248 g/mol. The number of carbonyl (C=O) groups is 4. The standard InChI is InChI=1S/C9H12N2O7/c1-5(4-16-8(10)14)17-9(15)18-11-6(12)2-3-7(11)13/h5H,2-4H2,1H3,(H2,10,14)/t5-/m0/s1. The van der Waals surface area contributed by atoms with E-state index in [0.717, 1.165) is 0 Å². The van der Waals surface area contributed by atoms with Gasteiger partial charge < -0.3 is 15.2 Å². The zero-order chi connectivity index (χ0) is 13.7. The molecule has 0 unspecified atom stereocenters. The number of nitrogens with two attached hydrogens (primary N) is 1. The van der Waals surface area contributed by atoms with Gasteiger partial charge in [-0.25, -0.2) is 9.59 Å². The maximum absolute atomic E-state index is 11.2. The maximum Gasteiger partial charge on any atom is 0.534 e. The Morgan fingerprint density at radius 1 is 1.33 bits per heavy atom. The summed E-state index contributed by atoms with van der Waals surface area (Å²) in [5.74, 6) is -1.23. The number of ether oxygens (including phenoxy) is 2. The number of rotatable bonds is 4. The zero-order valence-electron chi connectivity index (χ0n) is 9.58. The molecule has 0 aromatic rings. The zero-order valence-corrected chi connectivity index (χ0v) is 9.58. The average Bonchev–Trinajstić information content (AvgIpc) is 2.58. The Labute approximate surface area is 102 Å². The summed E-state index contributed by atoms with van der Waals surface area (Å²) >= 11 is 0. The molecule has 1 fully saturated rings.